The lowest BCUT2D eigenvalue weighted by Crippen LogP contribution is -2.43. The minimum absolute atomic E-state index is 0.525. The normalized spacial score (nSPS) is 24.0. The molecule has 4 heteroatoms. The van der Waals surface area contributed by atoms with E-state index in [9.17, 15) is 0 Å². The molecule has 4 nitrogen and oxygen atoms in total. The van der Waals surface area contributed by atoms with Crippen LogP contribution >= 0.6 is 0 Å². The summed E-state index contributed by atoms with van der Waals surface area (Å²) in [5.74, 6) is 2.47. The van der Waals surface area contributed by atoms with E-state index in [1.54, 1.807) is 0 Å². The van der Waals surface area contributed by atoms with Crippen LogP contribution in [-0.2, 0) is 0 Å². The van der Waals surface area contributed by atoms with Gasteiger partial charge in [0.05, 0.1) is 0 Å². The number of anilines is 1. The Kier molecular flexibility index (Phi) is 4.17. The predicted octanol–water partition coefficient (Wildman–Crippen LogP) is 2.05. The maximum Gasteiger partial charge on any atom is 0.132 e. The van der Waals surface area contributed by atoms with Crippen molar-refractivity contribution in [3.63, 3.8) is 0 Å². The van der Waals surface area contributed by atoms with E-state index in [1.165, 1.54) is 25.7 Å². The lowest BCUT2D eigenvalue weighted by molar-refractivity contribution is 0.305. The first-order valence-electron chi connectivity index (χ1n) is 6.87. The smallest absolute Gasteiger partial charge is 0.132 e. The molecular weight excluding hydrogens is 224 g/mol. The maximum atomic E-state index is 5.91. The van der Waals surface area contributed by atoms with Crippen LogP contribution in [0.25, 0.3) is 0 Å². The molecule has 2 N–H and O–H groups in total. The van der Waals surface area contributed by atoms with Gasteiger partial charge in [-0.3, -0.25) is 0 Å². The molecule has 2 atom stereocenters. The summed E-state index contributed by atoms with van der Waals surface area (Å²) in [6.45, 7) is 4.75. The van der Waals surface area contributed by atoms with Gasteiger partial charge in [0.15, 0.2) is 0 Å². The second kappa shape index (κ2) is 5.65. The molecule has 1 heterocycles. The largest absolute Gasteiger partial charge is 0.356 e. The molecule has 0 amide bonds. The number of nitrogens with two attached hydrogens (primary N) is 1. The summed E-state index contributed by atoms with van der Waals surface area (Å²) in [5.41, 5.74) is 6.94. The van der Waals surface area contributed by atoms with Gasteiger partial charge in [0, 0.05) is 24.8 Å². The molecule has 1 aliphatic rings. The van der Waals surface area contributed by atoms with Crippen molar-refractivity contribution in [2.75, 3.05) is 18.5 Å². The van der Waals surface area contributed by atoms with E-state index in [2.05, 4.69) is 28.0 Å². The average molecular weight is 248 g/mol. The number of aromatic nitrogens is 2. The molecule has 18 heavy (non-hydrogen) atoms. The number of hydrogen-bond acceptors (Lipinski definition) is 4. The Bertz CT molecular complexity index is 385. The average Bonchev–Trinajstić information content (AvgIpc) is 2.36. The van der Waals surface area contributed by atoms with Crippen LogP contribution in [-0.4, -0.2) is 29.6 Å². The summed E-state index contributed by atoms with van der Waals surface area (Å²) < 4.78 is 0. The van der Waals surface area contributed by atoms with Gasteiger partial charge in [0.1, 0.15) is 11.6 Å². The summed E-state index contributed by atoms with van der Waals surface area (Å²) in [6, 6.07) is 2.59. The first-order valence-corrected chi connectivity index (χ1v) is 6.87. The van der Waals surface area contributed by atoms with E-state index >= 15 is 0 Å². The Hall–Kier alpha value is -1.16. The zero-order valence-electron chi connectivity index (χ0n) is 11.7. The van der Waals surface area contributed by atoms with Crippen LogP contribution in [0.15, 0.2) is 6.07 Å². The Balaban J connectivity index is 2.20. The number of hydrogen-bond donors (Lipinski definition) is 1. The van der Waals surface area contributed by atoms with E-state index in [-0.39, 0.29) is 0 Å². The monoisotopic (exact) mass is 248 g/mol. The minimum Gasteiger partial charge on any atom is -0.356 e. The third-order valence-corrected chi connectivity index (χ3v) is 3.98. The molecule has 2 rings (SSSR count). The quantitative estimate of drug-likeness (QED) is 0.889. The van der Waals surface area contributed by atoms with Crippen molar-refractivity contribution in [1.82, 2.24) is 9.97 Å². The van der Waals surface area contributed by atoms with Gasteiger partial charge < -0.3 is 10.6 Å². The first-order chi connectivity index (χ1) is 8.61. The second-order valence-corrected chi connectivity index (χ2v) is 5.37. The highest BCUT2D eigenvalue weighted by Crippen LogP contribution is 2.29. The molecule has 0 aliphatic heterocycles. The van der Waals surface area contributed by atoms with E-state index < -0.39 is 0 Å². The Morgan fingerprint density at radius 2 is 2.00 bits per heavy atom. The maximum absolute atomic E-state index is 5.91. The molecule has 0 spiro atoms. The summed E-state index contributed by atoms with van der Waals surface area (Å²) in [4.78, 5) is 11.2. The third-order valence-electron chi connectivity index (χ3n) is 3.98. The minimum atomic E-state index is 0.525. The fourth-order valence-electron chi connectivity index (χ4n) is 3.02. The van der Waals surface area contributed by atoms with Crippen LogP contribution in [0.3, 0.4) is 0 Å². The molecule has 1 aliphatic carbocycles. The number of aryl methyl sites for hydroxylation is 2. The van der Waals surface area contributed by atoms with Crippen LogP contribution in [0.5, 0.6) is 0 Å². The van der Waals surface area contributed by atoms with Crippen molar-refractivity contribution < 1.29 is 0 Å². The molecule has 0 bridgehead atoms. The predicted molar refractivity (Wildman–Crippen MR) is 74.7 cm³/mol. The fourth-order valence-corrected chi connectivity index (χ4v) is 3.02. The zero-order valence-corrected chi connectivity index (χ0v) is 11.7. The van der Waals surface area contributed by atoms with Crippen molar-refractivity contribution in [3.8, 4) is 0 Å². The Labute approximate surface area is 110 Å². The van der Waals surface area contributed by atoms with Crippen LogP contribution < -0.4 is 10.6 Å². The van der Waals surface area contributed by atoms with Gasteiger partial charge in [-0.15, -0.1) is 0 Å². The Morgan fingerprint density at radius 3 is 2.67 bits per heavy atom. The fraction of sp³-hybridized carbons (Fsp3) is 0.714. The van der Waals surface area contributed by atoms with Crippen LogP contribution in [0, 0.1) is 19.8 Å². The Morgan fingerprint density at radius 1 is 1.28 bits per heavy atom. The van der Waals surface area contributed by atoms with E-state index in [4.69, 9.17) is 5.73 Å². The van der Waals surface area contributed by atoms with E-state index in [0.29, 0.717) is 12.0 Å². The molecule has 1 aromatic heterocycles. The zero-order chi connectivity index (χ0) is 13.1. The van der Waals surface area contributed by atoms with Gasteiger partial charge in [-0.05, 0) is 39.2 Å². The van der Waals surface area contributed by atoms with Crippen LogP contribution in [0.4, 0.5) is 5.82 Å². The SMILES string of the molecule is Cc1cc(N(C)C2CCCCC2CN)nc(C)n1. The van der Waals surface area contributed by atoms with Gasteiger partial charge in [-0.1, -0.05) is 12.8 Å². The molecule has 2 unspecified atom stereocenters. The van der Waals surface area contributed by atoms with Crippen molar-refractivity contribution in [3.05, 3.63) is 17.6 Å². The molecular formula is C14H24N4. The summed E-state index contributed by atoms with van der Waals surface area (Å²) >= 11 is 0. The lowest BCUT2D eigenvalue weighted by Gasteiger charge is -2.38. The van der Waals surface area contributed by atoms with Crippen molar-refractivity contribution >= 4 is 5.82 Å². The van der Waals surface area contributed by atoms with Gasteiger partial charge >= 0.3 is 0 Å². The molecule has 0 saturated heterocycles. The lowest BCUT2D eigenvalue weighted by atomic mass is 9.84. The summed E-state index contributed by atoms with van der Waals surface area (Å²) in [5, 5.41) is 0. The van der Waals surface area contributed by atoms with Crippen molar-refractivity contribution in [1.29, 1.82) is 0 Å². The number of rotatable bonds is 3. The standard InChI is InChI=1S/C14H24N4/c1-10-8-14(17-11(2)16-10)18(3)13-7-5-4-6-12(13)9-15/h8,12-13H,4-7,9,15H2,1-3H3. The first kappa shape index (κ1) is 13.3. The third kappa shape index (κ3) is 2.80. The molecule has 0 radical (unpaired) electrons. The van der Waals surface area contributed by atoms with Gasteiger partial charge in [0.2, 0.25) is 0 Å². The van der Waals surface area contributed by atoms with Crippen LogP contribution in [0.1, 0.15) is 37.2 Å². The van der Waals surface area contributed by atoms with Crippen LogP contribution in [0.2, 0.25) is 0 Å². The molecule has 1 fully saturated rings. The highest BCUT2D eigenvalue weighted by atomic mass is 15.2. The van der Waals surface area contributed by atoms with Gasteiger partial charge in [-0.2, -0.15) is 0 Å². The highest BCUT2D eigenvalue weighted by Gasteiger charge is 2.28. The van der Waals surface area contributed by atoms with E-state index in [1.807, 2.05) is 13.8 Å². The number of nitrogens with zero attached hydrogens (tertiary/aromatic N) is 3. The highest BCUT2D eigenvalue weighted by molar-refractivity contribution is 5.40. The van der Waals surface area contributed by atoms with Crippen molar-refractivity contribution in [2.24, 2.45) is 11.7 Å². The van der Waals surface area contributed by atoms with E-state index in [0.717, 1.165) is 23.9 Å². The molecule has 1 aromatic rings. The molecule has 1 saturated carbocycles. The van der Waals surface area contributed by atoms with Gasteiger partial charge in [-0.25, -0.2) is 9.97 Å². The summed E-state index contributed by atoms with van der Waals surface area (Å²) in [7, 11) is 2.14. The summed E-state index contributed by atoms with van der Waals surface area (Å²) in [6.07, 6.45) is 5.08. The molecule has 0 aromatic carbocycles. The van der Waals surface area contributed by atoms with Crippen molar-refractivity contribution in [2.45, 2.75) is 45.6 Å². The van der Waals surface area contributed by atoms with Gasteiger partial charge in [0.25, 0.3) is 0 Å². The topological polar surface area (TPSA) is 55.0 Å². The molecule has 100 valence electrons. The second-order valence-electron chi connectivity index (χ2n) is 5.37.